The Morgan fingerprint density at radius 3 is 2.67 bits per heavy atom. The van der Waals surface area contributed by atoms with Crippen molar-refractivity contribution in [1.29, 1.82) is 0 Å². The summed E-state index contributed by atoms with van der Waals surface area (Å²) in [5, 5.41) is 2.84. The third-order valence-corrected chi connectivity index (χ3v) is 6.38. The van der Waals surface area contributed by atoms with Gasteiger partial charge in [-0.2, -0.15) is 0 Å². The van der Waals surface area contributed by atoms with Crippen molar-refractivity contribution in [3.8, 4) is 0 Å². The first-order valence-corrected chi connectivity index (χ1v) is 11.0. The van der Waals surface area contributed by atoms with Crippen molar-refractivity contribution >= 4 is 45.0 Å². The molecule has 0 bridgehead atoms. The van der Waals surface area contributed by atoms with Crippen molar-refractivity contribution in [3.05, 3.63) is 53.6 Å². The van der Waals surface area contributed by atoms with Gasteiger partial charge in [-0.05, 0) is 42.3 Å². The highest BCUT2D eigenvalue weighted by atomic mass is 32.2. The largest absolute Gasteiger partial charge is 0.369 e. The number of hydrogen-bond acceptors (Lipinski definition) is 5. The van der Waals surface area contributed by atoms with Crippen molar-refractivity contribution < 1.29 is 18.0 Å². The number of primary amides is 1. The fourth-order valence-electron chi connectivity index (χ4n) is 2.90. The molecule has 0 aliphatic carbocycles. The first-order chi connectivity index (χ1) is 12.8. The first kappa shape index (κ1) is 19.2. The summed E-state index contributed by atoms with van der Waals surface area (Å²) in [5.74, 6) is -0.620. The molecule has 3 N–H and O–H groups in total. The lowest BCUT2D eigenvalue weighted by molar-refractivity contribution is -0.115. The highest BCUT2D eigenvalue weighted by Crippen LogP contribution is 2.31. The van der Waals surface area contributed by atoms with Crippen LogP contribution < -0.4 is 15.4 Å². The van der Waals surface area contributed by atoms with Crippen molar-refractivity contribution in [2.75, 3.05) is 28.2 Å². The molecule has 3 rings (SSSR count). The predicted molar refractivity (Wildman–Crippen MR) is 107 cm³/mol. The van der Waals surface area contributed by atoms with Gasteiger partial charge in [-0.1, -0.05) is 12.1 Å². The average molecular weight is 406 g/mol. The van der Waals surface area contributed by atoms with Gasteiger partial charge in [0.15, 0.2) is 0 Å². The molecule has 0 saturated heterocycles. The quantitative estimate of drug-likeness (QED) is 0.713. The SMILES string of the molecule is CS(=O)(=O)N1CCc2cc(C(=O)Nc3ccccc3SCC(N)=O)ccc21. The van der Waals surface area contributed by atoms with E-state index in [4.69, 9.17) is 5.73 Å². The lowest BCUT2D eigenvalue weighted by atomic mass is 10.1. The van der Waals surface area contributed by atoms with Gasteiger partial charge in [-0.15, -0.1) is 11.8 Å². The van der Waals surface area contributed by atoms with Crippen LogP contribution in [0.1, 0.15) is 15.9 Å². The standard InChI is InChI=1S/C18H19N3O4S2/c1-27(24,25)21-9-8-12-10-13(6-7-15(12)21)18(23)20-14-4-2-3-5-16(14)26-11-17(19)22/h2-7,10H,8-9,11H2,1H3,(H2,19,22)(H,20,23). The number of nitrogens with two attached hydrogens (primary N) is 1. The van der Waals surface area contributed by atoms with Gasteiger partial charge in [0.2, 0.25) is 15.9 Å². The van der Waals surface area contributed by atoms with Crippen LogP contribution in [-0.4, -0.2) is 38.8 Å². The fraction of sp³-hybridized carbons (Fsp3) is 0.222. The van der Waals surface area contributed by atoms with Crippen LogP contribution in [0, 0.1) is 0 Å². The summed E-state index contributed by atoms with van der Waals surface area (Å²) in [6.07, 6.45) is 1.73. The number of amides is 2. The molecule has 0 aromatic heterocycles. The molecule has 1 heterocycles. The van der Waals surface area contributed by atoms with Gasteiger partial charge in [-0.3, -0.25) is 13.9 Å². The average Bonchev–Trinajstić information content (AvgIpc) is 3.04. The maximum Gasteiger partial charge on any atom is 0.255 e. The van der Waals surface area contributed by atoms with E-state index in [1.165, 1.54) is 22.3 Å². The normalized spacial score (nSPS) is 13.3. The van der Waals surface area contributed by atoms with Gasteiger partial charge in [-0.25, -0.2) is 8.42 Å². The van der Waals surface area contributed by atoms with E-state index in [1.54, 1.807) is 36.4 Å². The van der Waals surface area contributed by atoms with Crippen LogP contribution in [0.5, 0.6) is 0 Å². The molecule has 0 atom stereocenters. The molecule has 2 amide bonds. The Labute approximate surface area is 162 Å². The van der Waals surface area contributed by atoms with Crippen LogP contribution >= 0.6 is 11.8 Å². The molecule has 2 aromatic carbocycles. The number of benzene rings is 2. The van der Waals surface area contributed by atoms with E-state index in [2.05, 4.69) is 5.32 Å². The lowest BCUT2D eigenvalue weighted by Gasteiger charge is -2.16. The zero-order valence-corrected chi connectivity index (χ0v) is 16.3. The van der Waals surface area contributed by atoms with Gasteiger partial charge in [0.05, 0.1) is 23.4 Å². The van der Waals surface area contributed by atoms with E-state index >= 15 is 0 Å². The predicted octanol–water partition coefficient (Wildman–Crippen LogP) is 1.84. The second-order valence-electron chi connectivity index (χ2n) is 6.13. The maximum atomic E-state index is 12.6. The number of carbonyl (C=O) groups excluding carboxylic acids is 2. The van der Waals surface area contributed by atoms with Gasteiger partial charge in [0.1, 0.15) is 0 Å². The van der Waals surface area contributed by atoms with Gasteiger partial charge >= 0.3 is 0 Å². The Balaban J connectivity index is 1.80. The number of nitrogens with one attached hydrogen (secondary N) is 1. The lowest BCUT2D eigenvalue weighted by Crippen LogP contribution is -2.27. The molecule has 2 aromatic rings. The Morgan fingerprint density at radius 1 is 1.22 bits per heavy atom. The summed E-state index contributed by atoms with van der Waals surface area (Å²) in [7, 11) is -3.32. The van der Waals surface area contributed by atoms with Crippen molar-refractivity contribution in [3.63, 3.8) is 0 Å². The minimum absolute atomic E-state index is 0.118. The summed E-state index contributed by atoms with van der Waals surface area (Å²) in [5.41, 5.74) is 7.66. The molecule has 9 heteroatoms. The fourth-order valence-corrected chi connectivity index (χ4v) is 4.60. The Morgan fingerprint density at radius 2 is 1.96 bits per heavy atom. The zero-order valence-electron chi connectivity index (χ0n) is 14.6. The molecular formula is C18H19N3O4S2. The van der Waals surface area contributed by atoms with Crippen LogP contribution in [-0.2, 0) is 21.2 Å². The Bertz CT molecular complexity index is 1010. The van der Waals surface area contributed by atoms with Gasteiger partial charge < -0.3 is 11.1 Å². The molecule has 0 radical (unpaired) electrons. The summed E-state index contributed by atoms with van der Waals surface area (Å²) < 4.78 is 25.0. The first-order valence-electron chi connectivity index (χ1n) is 8.18. The van der Waals surface area contributed by atoms with E-state index in [0.29, 0.717) is 29.9 Å². The number of rotatable bonds is 6. The topological polar surface area (TPSA) is 110 Å². The summed E-state index contributed by atoms with van der Waals surface area (Å²) >= 11 is 1.25. The Kier molecular flexibility index (Phi) is 5.43. The molecule has 1 aliphatic rings. The number of thioether (sulfide) groups is 1. The molecule has 0 fully saturated rings. The number of nitrogens with zero attached hydrogens (tertiary/aromatic N) is 1. The third kappa shape index (κ3) is 4.42. The molecule has 0 unspecified atom stereocenters. The highest BCUT2D eigenvalue weighted by molar-refractivity contribution is 8.00. The molecule has 1 aliphatic heterocycles. The van der Waals surface area contributed by atoms with Crippen LogP contribution in [0.15, 0.2) is 47.4 Å². The summed E-state index contributed by atoms with van der Waals surface area (Å²) in [6.45, 7) is 0.381. The second-order valence-corrected chi connectivity index (χ2v) is 9.06. The van der Waals surface area contributed by atoms with Crippen LogP contribution in [0.3, 0.4) is 0 Å². The number of sulfonamides is 1. The van der Waals surface area contributed by atoms with Crippen molar-refractivity contribution in [2.45, 2.75) is 11.3 Å². The smallest absolute Gasteiger partial charge is 0.255 e. The second kappa shape index (κ2) is 7.61. The number of carbonyl (C=O) groups is 2. The van der Waals surface area contributed by atoms with Crippen LogP contribution in [0.2, 0.25) is 0 Å². The zero-order chi connectivity index (χ0) is 19.6. The maximum absolute atomic E-state index is 12.6. The van der Waals surface area contributed by atoms with E-state index in [-0.39, 0.29) is 11.7 Å². The summed E-state index contributed by atoms with van der Waals surface area (Å²) in [4.78, 5) is 24.4. The van der Waals surface area contributed by atoms with Crippen LogP contribution in [0.4, 0.5) is 11.4 Å². The van der Waals surface area contributed by atoms with E-state index in [9.17, 15) is 18.0 Å². The summed E-state index contributed by atoms with van der Waals surface area (Å²) in [6, 6.07) is 12.1. The van der Waals surface area contributed by atoms with Crippen LogP contribution in [0.25, 0.3) is 0 Å². The number of fused-ring (bicyclic) bond motifs is 1. The molecule has 0 spiro atoms. The van der Waals surface area contributed by atoms with E-state index < -0.39 is 15.9 Å². The van der Waals surface area contributed by atoms with Gasteiger partial charge in [0, 0.05) is 17.0 Å². The molecule has 7 nitrogen and oxygen atoms in total. The monoisotopic (exact) mass is 405 g/mol. The number of hydrogen-bond donors (Lipinski definition) is 2. The van der Waals surface area contributed by atoms with Gasteiger partial charge in [0.25, 0.3) is 5.91 Å². The van der Waals surface area contributed by atoms with Crippen molar-refractivity contribution in [2.24, 2.45) is 5.73 Å². The minimum atomic E-state index is -3.32. The Hall–Kier alpha value is -2.52. The molecule has 27 heavy (non-hydrogen) atoms. The molecule has 0 saturated carbocycles. The minimum Gasteiger partial charge on any atom is -0.369 e. The number of para-hydroxylation sites is 1. The highest BCUT2D eigenvalue weighted by Gasteiger charge is 2.26. The van der Waals surface area contributed by atoms with E-state index in [0.717, 1.165) is 10.5 Å². The third-order valence-electron chi connectivity index (χ3n) is 4.10. The van der Waals surface area contributed by atoms with E-state index in [1.807, 2.05) is 6.07 Å². The van der Waals surface area contributed by atoms with Crippen molar-refractivity contribution in [1.82, 2.24) is 0 Å². The molecule has 142 valence electrons. The number of anilines is 2. The molecular weight excluding hydrogens is 386 g/mol.